The first-order chi connectivity index (χ1) is 13.6. The Morgan fingerprint density at radius 3 is 2.46 bits per heavy atom. The van der Waals surface area contributed by atoms with Crippen LogP contribution in [0.1, 0.15) is 41.3 Å². The molecule has 4 N–H and O–H groups in total. The van der Waals surface area contributed by atoms with E-state index in [0.717, 1.165) is 27.0 Å². The van der Waals surface area contributed by atoms with Crippen LogP contribution in [-0.2, 0) is 6.54 Å². The summed E-state index contributed by atoms with van der Waals surface area (Å²) in [4.78, 5) is 9.35. The average Bonchev–Trinajstić information content (AvgIpc) is 3.53. The molecule has 0 aliphatic heterocycles. The van der Waals surface area contributed by atoms with Crippen molar-refractivity contribution in [2.45, 2.75) is 38.4 Å². The van der Waals surface area contributed by atoms with Crippen molar-refractivity contribution in [3.8, 4) is 0 Å². The fourth-order valence-corrected chi connectivity index (χ4v) is 3.40. The normalized spacial score (nSPS) is 14.7. The minimum atomic E-state index is 0.0452. The Morgan fingerprint density at radius 2 is 1.82 bits per heavy atom. The number of nitrogens with one attached hydrogen (secondary N) is 2. The van der Waals surface area contributed by atoms with Crippen LogP contribution in [0.3, 0.4) is 0 Å². The van der Waals surface area contributed by atoms with Crippen LogP contribution >= 0.6 is 15.9 Å². The standard InChI is InChI=1S/C22H24BrN5/c1-14-13-25-22(27-19-8-2-15(12-24)3-9-19)28-20(14)21(26-18-10-11-18)16-4-6-17(23)7-5-16/h2-9,13,18,21,26H,10-12,24H2,1H3,(H,25,27,28). The van der Waals surface area contributed by atoms with Gasteiger partial charge in [0.2, 0.25) is 5.95 Å². The van der Waals surface area contributed by atoms with Gasteiger partial charge in [-0.2, -0.15) is 0 Å². The van der Waals surface area contributed by atoms with Gasteiger partial charge in [0.1, 0.15) is 0 Å². The molecule has 1 unspecified atom stereocenters. The molecule has 1 aliphatic carbocycles. The minimum absolute atomic E-state index is 0.0452. The van der Waals surface area contributed by atoms with Crippen molar-refractivity contribution in [1.82, 2.24) is 15.3 Å². The van der Waals surface area contributed by atoms with Crippen LogP contribution in [0.4, 0.5) is 11.6 Å². The first kappa shape index (κ1) is 19.1. The monoisotopic (exact) mass is 437 g/mol. The molecule has 3 aromatic rings. The molecule has 5 nitrogen and oxygen atoms in total. The Balaban J connectivity index is 1.63. The SMILES string of the molecule is Cc1cnc(Nc2ccc(CN)cc2)nc1C(NC1CC1)c1ccc(Br)cc1. The third-order valence-corrected chi connectivity index (χ3v) is 5.44. The van der Waals surface area contributed by atoms with E-state index in [1.54, 1.807) is 0 Å². The summed E-state index contributed by atoms with van der Waals surface area (Å²) in [7, 11) is 0. The fourth-order valence-electron chi connectivity index (χ4n) is 3.13. The molecular formula is C22H24BrN5. The lowest BCUT2D eigenvalue weighted by molar-refractivity contribution is 0.584. The second-order valence-corrected chi connectivity index (χ2v) is 8.13. The Labute approximate surface area is 173 Å². The highest BCUT2D eigenvalue weighted by atomic mass is 79.9. The summed E-state index contributed by atoms with van der Waals surface area (Å²) in [5, 5.41) is 7.05. The number of nitrogens with zero attached hydrogens (tertiary/aromatic N) is 2. The molecule has 4 rings (SSSR count). The summed E-state index contributed by atoms with van der Waals surface area (Å²) in [6.45, 7) is 2.60. The van der Waals surface area contributed by atoms with Crippen molar-refractivity contribution in [1.29, 1.82) is 0 Å². The quantitative estimate of drug-likeness (QED) is 0.503. The van der Waals surface area contributed by atoms with Crippen LogP contribution in [0.15, 0.2) is 59.2 Å². The molecule has 28 heavy (non-hydrogen) atoms. The van der Waals surface area contributed by atoms with E-state index in [2.05, 4.69) is 62.7 Å². The van der Waals surface area contributed by atoms with E-state index in [-0.39, 0.29) is 6.04 Å². The molecule has 0 spiro atoms. The van der Waals surface area contributed by atoms with E-state index in [0.29, 0.717) is 18.5 Å². The van der Waals surface area contributed by atoms with E-state index in [9.17, 15) is 0 Å². The topological polar surface area (TPSA) is 75.9 Å². The Kier molecular flexibility index (Phi) is 5.71. The van der Waals surface area contributed by atoms with Gasteiger partial charge in [0.05, 0.1) is 11.7 Å². The Hall–Kier alpha value is -2.28. The van der Waals surface area contributed by atoms with E-state index in [4.69, 9.17) is 10.7 Å². The fraction of sp³-hybridized carbons (Fsp3) is 0.273. The molecule has 0 saturated heterocycles. The molecule has 1 aromatic heterocycles. The van der Waals surface area contributed by atoms with Gasteiger partial charge in [0, 0.05) is 28.9 Å². The van der Waals surface area contributed by atoms with Crippen LogP contribution in [0.25, 0.3) is 0 Å². The number of hydrogen-bond donors (Lipinski definition) is 3. The Bertz CT molecular complexity index is 936. The minimum Gasteiger partial charge on any atom is -0.326 e. The number of aromatic nitrogens is 2. The van der Waals surface area contributed by atoms with Crippen molar-refractivity contribution in [3.63, 3.8) is 0 Å². The lowest BCUT2D eigenvalue weighted by Crippen LogP contribution is -2.26. The van der Waals surface area contributed by atoms with Gasteiger partial charge in [0.25, 0.3) is 0 Å². The zero-order chi connectivity index (χ0) is 19.5. The second-order valence-electron chi connectivity index (χ2n) is 7.21. The lowest BCUT2D eigenvalue weighted by atomic mass is 10.0. The van der Waals surface area contributed by atoms with Crippen molar-refractivity contribution >= 4 is 27.6 Å². The number of aryl methyl sites for hydroxylation is 1. The maximum Gasteiger partial charge on any atom is 0.227 e. The maximum absolute atomic E-state index is 5.68. The van der Waals surface area contributed by atoms with Crippen molar-refractivity contribution < 1.29 is 0 Å². The summed E-state index contributed by atoms with van der Waals surface area (Å²) >= 11 is 3.52. The number of halogens is 1. The Morgan fingerprint density at radius 1 is 1.11 bits per heavy atom. The predicted octanol–water partition coefficient (Wildman–Crippen LogP) is 4.59. The lowest BCUT2D eigenvalue weighted by Gasteiger charge is -2.21. The molecule has 1 aliphatic rings. The third-order valence-electron chi connectivity index (χ3n) is 4.91. The highest BCUT2D eigenvalue weighted by molar-refractivity contribution is 9.10. The van der Waals surface area contributed by atoms with E-state index < -0.39 is 0 Å². The molecule has 0 radical (unpaired) electrons. The third kappa shape index (κ3) is 4.58. The van der Waals surface area contributed by atoms with E-state index in [1.165, 1.54) is 18.4 Å². The van der Waals surface area contributed by atoms with Crippen LogP contribution in [0, 0.1) is 6.92 Å². The van der Waals surface area contributed by atoms with Gasteiger partial charge in [-0.15, -0.1) is 0 Å². The first-order valence-corrected chi connectivity index (χ1v) is 10.3. The van der Waals surface area contributed by atoms with Crippen LogP contribution in [-0.4, -0.2) is 16.0 Å². The summed E-state index contributed by atoms with van der Waals surface area (Å²) in [5.74, 6) is 0.598. The second kappa shape index (κ2) is 8.39. The summed E-state index contributed by atoms with van der Waals surface area (Å²) in [6.07, 6.45) is 4.32. The van der Waals surface area contributed by atoms with Gasteiger partial charge in [-0.3, -0.25) is 0 Å². The van der Waals surface area contributed by atoms with Gasteiger partial charge < -0.3 is 16.4 Å². The zero-order valence-corrected chi connectivity index (χ0v) is 17.4. The van der Waals surface area contributed by atoms with E-state index in [1.807, 2.05) is 30.5 Å². The first-order valence-electron chi connectivity index (χ1n) is 9.53. The molecule has 1 atom stereocenters. The van der Waals surface area contributed by atoms with Gasteiger partial charge in [-0.1, -0.05) is 40.2 Å². The molecular weight excluding hydrogens is 414 g/mol. The van der Waals surface area contributed by atoms with Crippen LogP contribution in [0.2, 0.25) is 0 Å². The summed E-state index contributed by atoms with van der Waals surface area (Å²) < 4.78 is 1.07. The molecule has 1 saturated carbocycles. The number of anilines is 2. The maximum atomic E-state index is 5.68. The van der Waals surface area contributed by atoms with Crippen LogP contribution < -0.4 is 16.4 Å². The largest absolute Gasteiger partial charge is 0.326 e. The highest BCUT2D eigenvalue weighted by Crippen LogP contribution is 2.30. The van der Waals surface area contributed by atoms with E-state index >= 15 is 0 Å². The number of nitrogens with two attached hydrogens (primary N) is 1. The molecule has 1 fully saturated rings. The van der Waals surface area contributed by atoms with Crippen molar-refractivity contribution in [2.24, 2.45) is 5.73 Å². The van der Waals surface area contributed by atoms with Crippen molar-refractivity contribution in [2.75, 3.05) is 5.32 Å². The van der Waals surface area contributed by atoms with Crippen molar-refractivity contribution in [3.05, 3.63) is 81.6 Å². The molecule has 144 valence electrons. The molecule has 2 aromatic carbocycles. The molecule has 0 amide bonds. The van der Waals surface area contributed by atoms with Gasteiger partial charge in [0.15, 0.2) is 0 Å². The summed E-state index contributed by atoms with van der Waals surface area (Å²) in [5.41, 5.74) is 11.0. The molecule has 6 heteroatoms. The zero-order valence-electron chi connectivity index (χ0n) is 15.8. The highest BCUT2D eigenvalue weighted by Gasteiger charge is 2.28. The predicted molar refractivity (Wildman–Crippen MR) is 117 cm³/mol. The van der Waals surface area contributed by atoms with Gasteiger partial charge in [-0.05, 0) is 60.7 Å². The van der Waals surface area contributed by atoms with Crippen LogP contribution in [0.5, 0.6) is 0 Å². The number of hydrogen-bond acceptors (Lipinski definition) is 5. The van der Waals surface area contributed by atoms with Gasteiger partial charge in [-0.25, -0.2) is 9.97 Å². The molecule has 0 bridgehead atoms. The molecule has 1 heterocycles. The average molecular weight is 438 g/mol. The smallest absolute Gasteiger partial charge is 0.227 e. The van der Waals surface area contributed by atoms with Gasteiger partial charge >= 0.3 is 0 Å². The summed E-state index contributed by atoms with van der Waals surface area (Å²) in [6, 6.07) is 17.1. The number of benzene rings is 2. The number of rotatable bonds is 7.